The third kappa shape index (κ3) is 3.86. The van der Waals surface area contributed by atoms with Gasteiger partial charge in [-0.2, -0.15) is 0 Å². The van der Waals surface area contributed by atoms with Gasteiger partial charge in [-0.25, -0.2) is 0 Å². The minimum Gasteiger partial charge on any atom is -0.493 e. The average molecular weight is 271 g/mol. The summed E-state index contributed by atoms with van der Waals surface area (Å²) in [5, 5.41) is 0.949. The number of hydrogen-bond acceptors (Lipinski definition) is 1. The van der Waals surface area contributed by atoms with Crippen LogP contribution in [0.1, 0.15) is 25.0 Å². The van der Waals surface area contributed by atoms with Crippen LogP contribution in [-0.2, 0) is 0 Å². The summed E-state index contributed by atoms with van der Waals surface area (Å²) in [7, 11) is 0. The number of alkyl halides is 1. The Kier molecular flexibility index (Phi) is 4.21. The smallest absolute Gasteiger partial charge is 0.119 e. The van der Waals surface area contributed by atoms with Crippen molar-refractivity contribution < 1.29 is 4.74 Å². The Morgan fingerprint density at radius 3 is 2.40 bits per heavy atom. The van der Waals surface area contributed by atoms with Crippen molar-refractivity contribution in [2.45, 2.75) is 27.7 Å². The van der Waals surface area contributed by atoms with E-state index in [1.807, 2.05) is 6.07 Å². The lowest BCUT2D eigenvalue weighted by atomic mass is 9.98. The summed E-state index contributed by atoms with van der Waals surface area (Å²) in [6, 6.07) is 6.23. The summed E-state index contributed by atoms with van der Waals surface area (Å²) in [5.74, 6) is 0.965. The van der Waals surface area contributed by atoms with Gasteiger partial charge >= 0.3 is 0 Å². The second-order valence-electron chi connectivity index (χ2n) is 4.83. The fourth-order valence-corrected chi connectivity index (χ4v) is 1.28. The molecule has 1 aromatic carbocycles. The molecule has 0 aliphatic heterocycles. The lowest BCUT2D eigenvalue weighted by Gasteiger charge is -2.22. The van der Waals surface area contributed by atoms with Crippen LogP contribution in [0.5, 0.6) is 5.75 Å². The number of benzene rings is 1. The van der Waals surface area contributed by atoms with E-state index >= 15 is 0 Å². The van der Waals surface area contributed by atoms with E-state index in [1.165, 1.54) is 11.1 Å². The molecule has 0 aliphatic rings. The minimum absolute atomic E-state index is 0.179. The highest BCUT2D eigenvalue weighted by atomic mass is 79.9. The monoisotopic (exact) mass is 270 g/mol. The average Bonchev–Trinajstić information content (AvgIpc) is 2.20. The van der Waals surface area contributed by atoms with E-state index in [0.717, 1.165) is 17.7 Å². The van der Waals surface area contributed by atoms with E-state index in [9.17, 15) is 0 Å². The number of aryl methyl sites for hydroxylation is 2. The molecule has 0 aliphatic carbocycles. The van der Waals surface area contributed by atoms with Gasteiger partial charge in [0, 0.05) is 10.7 Å². The molecule has 0 aromatic heterocycles. The fourth-order valence-electron chi connectivity index (χ4n) is 1.12. The molecule has 2 heteroatoms. The van der Waals surface area contributed by atoms with Crippen molar-refractivity contribution in [2.75, 3.05) is 11.9 Å². The van der Waals surface area contributed by atoms with Crippen LogP contribution in [-0.4, -0.2) is 11.9 Å². The van der Waals surface area contributed by atoms with E-state index in [1.54, 1.807) is 0 Å². The van der Waals surface area contributed by atoms with E-state index in [-0.39, 0.29) is 5.41 Å². The zero-order valence-corrected chi connectivity index (χ0v) is 11.5. The van der Waals surface area contributed by atoms with Gasteiger partial charge in [-0.05, 0) is 37.1 Å². The van der Waals surface area contributed by atoms with Crippen molar-refractivity contribution in [1.29, 1.82) is 0 Å². The van der Waals surface area contributed by atoms with Crippen LogP contribution < -0.4 is 4.74 Å². The van der Waals surface area contributed by atoms with Gasteiger partial charge in [-0.15, -0.1) is 0 Å². The number of ether oxygens (including phenoxy) is 1. The molecule has 0 amide bonds. The number of hydrogen-bond donors (Lipinski definition) is 0. The van der Waals surface area contributed by atoms with Crippen LogP contribution in [0, 0.1) is 19.3 Å². The Hall–Kier alpha value is -0.500. The Morgan fingerprint density at radius 1 is 1.20 bits per heavy atom. The molecule has 0 saturated heterocycles. The zero-order valence-electron chi connectivity index (χ0n) is 9.93. The van der Waals surface area contributed by atoms with Gasteiger partial charge in [-0.3, -0.25) is 0 Å². The van der Waals surface area contributed by atoms with Crippen LogP contribution in [0.15, 0.2) is 18.2 Å². The predicted octanol–water partition coefficient (Wildman–Crippen LogP) is 4.10. The zero-order chi connectivity index (χ0) is 11.5. The van der Waals surface area contributed by atoms with Crippen molar-refractivity contribution in [3.8, 4) is 5.75 Å². The van der Waals surface area contributed by atoms with Gasteiger partial charge in [0.25, 0.3) is 0 Å². The van der Waals surface area contributed by atoms with Crippen LogP contribution in [0.2, 0.25) is 0 Å². The Balaban J connectivity index is 2.62. The second-order valence-corrected chi connectivity index (χ2v) is 5.39. The molecule has 0 N–H and O–H groups in total. The molecule has 0 spiro atoms. The van der Waals surface area contributed by atoms with Gasteiger partial charge < -0.3 is 4.74 Å². The van der Waals surface area contributed by atoms with E-state index in [2.05, 4.69) is 55.8 Å². The number of halogens is 1. The summed E-state index contributed by atoms with van der Waals surface area (Å²) in [6.07, 6.45) is 0. The molecular formula is C13H19BrO. The SMILES string of the molecule is Cc1ccc(OCC(C)(C)CBr)cc1C. The maximum Gasteiger partial charge on any atom is 0.119 e. The fraction of sp³-hybridized carbons (Fsp3) is 0.538. The molecule has 0 bridgehead atoms. The molecule has 0 fully saturated rings. The minimum atomic E-state index is 0.179. The normalized spacial score (nSPS) is 11.5. The van der Waals surface area contributed by atoms with Crippen molar-refractivity contribution in [3.05, 3.63) is 29.3 Å². The Labute approximate surface area is 101 Å². The van der Waals surface area contributed by atoms with Crippen LogP contribution in [0.4, 0.5) is 0 Å². The third-order valence-corrected chi connectivity index (χ3v) is 3.99. The van der Waals surface area contributed by atoms with Crippen molar-refractivity contribution in [1.82, 2.24) is 0 Å². The first-order valence-electron chi connectivity index (χ1n) is 5.21. The lowest BCUT2D eigenvalue weighted by Crippen LogP contribution is -2.22. The maximum atomic E-state index is 5.77. The van der Waals surface area contributed by atoms with Gasteiger partial charge in [0.05, 0.1) is 6.61 Å². The van der Waals surface area contributed by atoms with E-state index in [4.69, 9.17) is 4.74 Å². The molecule has 1 aromatic rings. The largest absolute Gasteiger partial charge is 0.493 e. The second kappa shape index (κ2) is 5.02. The maximum absolute atomic E-state index is 5.77. The molecule has 0 atom stereocenters. The molecule has 84 valence electrons. The molecule has 0 saturated carbocycles. The standard InChI is InChI=1S/C13H19BrO/c1-10-5-6-12(7-11(10)2)15-9-13(3,4)8-14/h5-7H,8-9H2,1-4H3. The molecule has 0 radical (unpaired) electrons. The molecule has 1 nitrogen and oxygen atoms in total. The van der Waals surface area contributed by atoms with Gasteiger partial charge in [-0.1, -0.05) is 35.8 Å². The van der Waals surface area contributed by atoms with Crippen LogP contribution >= 0.6 is 15.9 Å². The quantitative estimate of drug-likeness (QED) is 0.749. The first kappa shape index (κ1) is 12.6. The summed E-state index contributed by atoms with van der Waals surface area (Å²) < 4.78 is 5.77. The number of rotatable bonds is 4. The van der Waals surface area contributed by atoms with Gasteiger partial charge in [0.15, 0.2) is 0 Å². The predicted molar refractivity (Wildman–Crippen MR) is 69.0 cm³/mol. The topological polar surface area (TPSA) is 9.23 Å². The highest BCUT2D eigenvalue weighted by molar-refractivity contribution is 9.09. The third-order valence-electron chi connectivity index (χ3n) is 2.47. The van der Waals surface area contributed by atoms with Crippen molar-refractivity contribution in [2.24, 2.45) is 5.41 Å². The van der Waals surface area contributed by atoms with Crippen LogP contribution in [0.3, 0.4) is 0 Å². The van der Waals surface area contributed by atoms with Gasteiger partial charge in [0.2, 0.25) is 0 Å². The molecule has 1 rings (SSSR count). The molecule has 0 unspecified atom stereocenters. The first-order chi connectivity index (χ1) is 6.94. The summed E-state index contributed by atoms with van der Waals surface area (Å²) in [4.78, 5) is 0. The van der Waals surface area contributed by atoms with Crippen molar-refractivity contribution >= 4 is 15.9 Å². The van der Waals surface area contributed by atoms with Gasteiger partial charge in [0.1, 0.15) is 5.75 Å². The molecule has 15 heavy (non-hydrogen) atoms. The summed E-state index contributed by atoms with van der Waals surface area (Å²) >= 11 is 3.49. The highest BCUT2D eigenvalue weighted by Gasteiger charge is 2.16. The Bertz CT molecular complexity index is 331. The lowest BCUT2D eigenvalue weighted by molar-refractivity contribution is 0.203. The van der Waals surface area contributed by atoms with E-state index < -0.39 is 0 Å². The molecular weight excluding hydrogens is 252 g/mol. The summed E-state index contributed by atoms with van der Waals surface area (Å²) in [6.45, 7) is 9.33. The Morgan fingerprint density at radius 2 is 1.87 bits per heavy atom. The van der Waals surface area contributed by atoms with Crippen molar-refractivity contribution in [3.63, 3.8) is 0 Å². The summed E-state index contributed by atoms with van der Waals surface area (Å²) in [5.41, 5.74) is 2.77. The highest BCUT2D eigenvalue weighted by Crippen LogP contribution is 2.22. The van der Waals surface area contributed by atoms with Crippen LogP contribution in [0.25, 0.3) is 0 Å². The first-order valence-corrected chi connectivity index (χ1v) is 6.33. The molecule has 0 heterocycles. The van der Waals surface area contributed by atoms with E-state index in [0.29, 0.717) is 0 Å².